The fraction of sp³-hybridized carbons (Fsp3) is 0.414. The molecule has 0 saturated carbocycles. The molecule has 230 valence electrons. The Kier molecular flexibility index (Phi) is 11.8. The van der Waals surface area contributed by atoms with Crippen molar-refractivity contribution in [2.75, 3.05) is 47.6 Å². The van der Waals surface area contributed by atoms with Gasteiger partial charge in [0.1, 0.15) is 0 Å². The molecular weight excluding hydrogens is 593 g/mol. The van der Waals surface area contributed by atoms with Crippen molar-refractivity contribution in [3.63, 3.8) is 0 Å². The molecule has 0 aliphatic rings. The molecule has 0 spiro atoms. The van der Waals surface area contributed by atoms with Gasteiger partial charge in [0.2, 0.25) is 15.9 Å². The van der Waals surface area contributed by atoms with Crippen LogP contribution in [0.4, 0.5) is 13.2 Å². The standard InChI is InChI=1S/C29H35F3N2O6S2/c1-21-9-11-24(41-21)19-33(15-13-22-10-12-26(39-3)27(17-22)40-4)28(35)20-34(14-6-16-38-2)42(36,37)25-8-5-7-23(18-25)29(30,31)32/h5,7-12,17-18H,6,13-16,19-20H2,1-4H3. The number of ether oxygens (including phenoxy) is 3. The Balaban J connectivity index is 1.89. The van der Waals surface area contributed by atoms with E-state index in [0.717, 1.165) is 37.8 Å². The first kappa shape index (κ1) is 33.4. The highest BCUT2D eigenvalue weighted by atomic mass is 32.2. The largest absolute Gasteiger partial charge is 0.493 e. The molecule has 3 rings (SSSR count). The minimum atomic E-state index is -4.72. The number of benzene rings is 2. The lowest BCUT2D eigenvalue weighted by atomic mass is 10.1. The zero-order valence-electron chi connectivity index (χ0n) is 23.9. The molecule has 13 heteroatoms. The van der Waals surface area contributed by atoms with Crippen LogP contribution in [0, 0.1) is 6.92 Å². The number of amides is 1. The van der Waals surface area contributed by atoms with Crippen molar-refractivity contribution in [1.29, 1.82) is 0 Å². The zero-order valence-corrected chi connectivity index (χ0v) is 25.6. The van der Waals surface area contributed by atoms with Crippen molar-refractivity contribution in [2.45, 2.75) is 37.4 Å². The van der Waals surface area contributed by atoms with Crippen LogP contribution in [0.2, 0.25) is 0 Å². The maximum Gasteiger partial charge on any atom is 0.416 e. The molecule has 0 N–H and O–H groups in total. The molecule has 3 aromatic rings. The van der Waals surface area contributed by atoms with E-state index in [0.29, 0.717) is 24.0 Å². The van der Waals surface area contributed by atoms with E-state index >= 15 is 0 Å². The van der Waals surface area contributed by atoms with Crippen LogP contribution in [0.3, 0.4) is 0 Å². The number of alkyl halides is 3. The number of aryl methyl sites for hydroxylation is 1. The van der Waals surface area contributed by atoms with Gasteiger partial charge < -0.3 is 19.1 Å². The van der Waals surface area contributed by atoms with E-state index < -0.39 is 39.1 Å². The molecule has 0 bridgehead atoms. The van der Waals surface area contributed by atoms with Crippen molar-refractivity contribution in [3.05, 3.63) is 75.5 Å². The van der Waals surface area contributed by atoms with Gasteiger partial charge in [0, 0.05) is 36.6 Å². The highest BCUT2D eigenvalue weighted by Crippen LogP contribution is 2.31. The van der Waals surface area contributed by atoms with Crippen LogP contribution in [-0.4, -0.2) is 71.1 Å². The van der Waals surface area contributed by atoms with E-state index in [1.165, 1.54) is 32.7 Å². The van der Waals surface area contributed by atoms with Crippen LogP contribution >= 0.6 is 11.3 Å². The van der Waals surface area contributed by atoms with Crippen molar-refractivity contribution in [1.82, 2.24) is 9.21 Å². The average Bonchev–Trinajstić information content (AvgIpc) is 3.38. The minimum absolute atomic E-state index is 0.111. The summed E-state index contributed by atoms with van der Waals surface area (Å²) < 4.78 is 83.8. The van der Waals surface area contributed by atoms with Gasteiger partial charge in [-0.15, -0.1) is 11.3 Å². The number of hydrogen-bond donors (Lipinski definition) is 0. The quantitative estimate of drug-likeness (QED) is 0.210. The monoisotopic (exact) mass is 628 g/mol. The lowest BCUT2D eigenvalue weighted by molar-refractivity contribution is -0.137. The summed E-state index contributed by atoms with van der Waals surface area (Å²) in [5.41, 5.74) is -0.210. The molecule has 0 radical (unpaired) electrons. The molecule has 0 saturated heterocycles. The van der Waals surface area contributed by atoms with Gasteiger partial charge in [-0.25, -0.2) is 8.42 Å². The van der Waals surface area contributed by atoms with Gasteiger partial charge in [-0.3, -0.25) is 4.79 Å². The summed E-state index contributed by atoms with van der Waals surface area (Å²) in [5.74, 6) is 0.627. The molecule has 1 amide bonds. The number of carbonyl (C=O) groups is 1. The Morgan fingerprint density at radius 2 is 1.69 bits per heavy atom. The molecule has 1 heterocycles. The Morgan fingerprint density at radius 1 is 0.952 bits per heavy atom. The summed E-state index contributed by atoms with van der Waals surface area (Å²) in [6, 6.07) is 12.8. The molecule has 1 aromatic heterocycles. The summed E-state index contributed by atoms with van der Waals surface area (Å²) in [4.78, 5) is 16.7. The van der Waals surface area contributed by atoms with E-state index in [1.807, 2.05) is 31.2 Å². The summed E-state index contributed by atoms with van der Waals surface area (Å²) >= 11 is 1.52. The van der Waals surface area contributed by atoms with Gasteiger partial charge in [0.05, 0.1) is 37.8 Å². The van der Waals surface area contributed by atoms with Crippen LogP contribution < -0.4 is 9.47 Å². The first-order chi connectivity index (χ1) is 19.9. The molecule has 42 heavy (non-hydrogen) atoms. The van der Waals surface area contributed by atoms with Crippen molar-refractivity contribution in [3.8, 4) is 11.5 Å². The van der Waals surface area contributed by atoms with E-state index in [-0.39, 0.29) is 32.7 Å². The van der Waals surface area contributed by atoms with Gasteiger partial charge in [0.15, 0.2) is 11.5 Å². The van der Waals surface area contributed by atoms with E-state index in [2.05, 4.69) is 0 Å². The molecule has 2 aromatic carbocycles. The van der Waals surface area contributed by atoms with Crippen LogP contribution in [0.15, 0.2) is 59.5 Å². The highest BCUT2D eigenvalue weighted by Gasteiger charge is 2.34. The molecule has 0 aliphatic heterocycles. The van der Waals surface area contributed by atoms with E-state index in [4.69, 9.17) is 14.2 Å². The number of rotatable bonds is 15. The fourth-order valence-corrected chi connectivity index (χ4v) is 6.63. The third-order valence-electron chi connectivity index (χ3n) is 6.48. The topological polar surface area (TPSA) is 85.4 Å². The van der Waals surface area contributed by atoms with Crippen LogP contribution in [-0.2, 0) is 38.7 Å². The Labute approximate surface area is 248 Å². The summed E-state index contributed by atoms with van der Waals surface area (Å²) in [6.07, 6.45) is -4.03. The fourth-order valence-electron chi connectivity index (χ4n) is 4.25. The van der Waals surface area contributed by atoms with Crippen molar-refractivity contribution in [2.24, 2.45) is 0 Å². The maximum absolute atomic E-state index is 13.7. The second kappa shape index (κ2) is 14.9. The smallest absolute Gasteiger partial charge is 0.416 e. The van der Waals surface area contributed by atoms with Crippen molar-refractivity contribution >= 4 is 27.3 Å². The average molecular weight is 629 g/mol. The molecule has 8 nitrogen and oxygen atoms in total. The second-order valence-electron chi connectivity index (χ2n) is 9.48. The van der Waals surface area contributed by atoms with Crippen LogP contribution in [0.5, 0.6) is 11.5 Å². The number of halogens is 3. The number of hydrogen-bond acceptors (Lipinski definition) is 7. The third kappa shape index (κ3) is 8.93. The maximum atomic E-state index is 13.7. The summed E-state index contributed by atoms with van der Waals surface area (Å²) in [7, 11) is 0.0729. The van der Waals surface area contributed by atoms with Gasteiger partial charge in [-0.2, -0.15) is 17.5 Å². The minimum Gasteiger partial charge on any atom is -0.493 e. The SMILES string of the molecule is COCCCN(CC(=O)N(CCc1ccc(OC)c(OC)c1)Cc1ccc(C)s1)S(=O)(=O)c1cccc(C(F)(F)F)c1. The predicted molar refractivity (Wildman–Crippen MR) is 154 cm³/mol. The lowest BCUT2D eigenvalue weighted by Crippen LogP contribution is -2.43. The molecule has 0 fully saturated rings. The third-order valence-corrected chi connectivity index (χ3v) is 9.31. The Hall–Kier alpha value is -3.13. The molecule has 0 atom stereocenters. The first-order valence-corrected chi connectivity index (χ1v) is 15.3. The number of carbonyl (C=O) groups excluding carboxylic acids is 1. The number of thiophene rings is 1. The summed E-state index contributed by atoms with van der Waals surface area (Å²) in [5, 5.41) is 0. The van der Waals surface area contributed by atoms with E-state index in [1.54, 1.807) is 11.0 Å². The zero-order chi connectivity index (χ0) is 30.9. The molecule has 0 aliphatic carbocycles. The molecule has 0 unspecified atom stereocenters. The Morgan fingerprint density at radius 3 is 2.31 bits per heavy atom. The highest BCUT2D eigenvalue weighted by molar-refractivity contribution is 7.89. The normalized spacial score (nSPS) is 12.0. The van der Waals surface area contributed by atoms with Gasteiger partial charge in [0.25, 0.3) is 0 Å². The lowest BCUT2D eigenvalue weighted by Gasteiger charge is -2.27. The number of nitrogens with zero attached hydrogens (tertiary/aromatic N) is 2. The number of sulfonamides is 1. The van der Waals surface area contributed by atoms with E-state index in [9.17, 15) is 26.4 Å². The summed E-state index contributed by atoms with van der Waals surface area (Å²) in [6.45, 7) is 2.02. The Bertz CT molecular complexity index is 1440. The van der Waals surface area contributed by atoms with Gasteiger partial charge in [-0.05, 0) is 67.8 Å². The predicted octanol–water partition coefficient (Wildman–Crippen LogP) is 5.39. The van der Waals surface area contributed by atoms with Crippen LogP contribution in [0.25, 0.3) is 0 Å². The van der Waals surface area contributed by atoms with Gasteiger partial charge in [-0.1, -0.05) is 12.1 Å². The molecular formula is C29H35F3N2O6S2. The van der Waals surface area contributed by atoms with Crippen molar-refractivity contribution < 1.29 is 40.6 Å². The first-order valence-electron chi connectivity index (χ1n) is 13.1. The van der Waals surface area contributed by atoms with Gasteiger partial charge >= 0.3 is 6.18 Å². The number of methoxy groups -OCH3 is 3. The second-order valence-corrected chi connectivity index (χ2v) is 12.8. The van der Waals surface area contributed by atoms with Crippen LogP contribution in [0.1, 0.15) is 27.3 Å².